The molecule has 0 unspecified atom stereocenters. The summed E-state index contributed by atoms with van der Waals surface area (Å²) in [5.41, 5.74) is 1.44. The fourth-order valence-electron chi connectivity index (χ4n) is 1.60. The number of carbonyl (C=O) groups excluding carboxylic acids is 1. The van der Waals surface area contributed by atoms with Crippen molar-refractivity contribution in [2.24, 2.45) is 0 Å². The lowest BCUT2D eigenvalue weighted by molar-refractivity contribution is 0.0948. The predicted octanol–water partition coefficient (Wildman–Crippen LogP) is 2.61. The Hall–Kier alpha value is -1.94. The van der Waals surface area contributed by atoms with E-state index in [1.165, 1.54) is 7.11 Å². The van der Waals surface area contributed by atoms with Gasteiger partial charge in [-0.2, -0.15) is 0 Å². The monoisotopic (exact) mass is 264 g/mol. The van der Waals surface area contributed by atoms with Crippen molar-refractivity contribution in [1.29, 1.82) is 0 Å². The molecule has 2 rings (SSSR count). The van der Waals surface area contributed by atoms with E-state index in [1.807, 2.05) is 18.5 Å². The standard InChI is InChI=1S/C13H13ClN2O2/c1-18-12-3-2-10(14)6-11(12)13(17)16-8-9-4-5-15-7-9/h2-7,15H,8H2,1H3,(H,16,17). The van der Waals surface area contributed by atoms with Crippen molar-refractivity contribution < 1.29 is 9.53 Å². The zero-order valence-electron chi connectivity index (χ0n) is 9.87. The van der Waals surface area contributed by atoms with E-state index in [9.17, 15) is 4.79 Å². The van der Waals surface area contributed by atoms with E-state index < -0.39 is 0 Å². The fourth-order valence-corrected chi connectivity index (χ4v) is 1.78. The molecular weight excluding hydrogens is 252 g/mol. The number of benzene rings is 1. The first-order valence-corrected chi connectivity index (χ1v) is 5.82. The molecule has 2 aromatic rings. The Kier molecular flexibility index (Phi) is 3.89. The maximum atomic E-state index is 12.0. The zero-order valence-corrected chi connectivity index (χ0v) is 10.6. The molecule has 2 N–H and O–H groups in total. The quantitative estimate of drug-likeness (QED) is 0.892. The van der Waals surface area contributed by atoms with Crippen molar-refractivity contribution in [1.82, 2.24) is 10.3 Å². The minimum atomic E-state index is -0.212. The van der Waals surface area contributed by atoms with E-state index in [4.69, 9.17) is 16.3 Å². The van der Waals surface area contributed by atoms with Gasteiger partial charge in [0.25, 0.3) is 5.91 Å². The normalized spacial score (nSPS) is 10.1. The maximum absolute atomic E-state index is 12.0. The first-order valence-electron chi connectivity index (χ1n) is 5.44. The van der Waals surface area contributed by atoms with Gasteiger partial charge in [-0.25, -0.2) is 0 Å². The van der Waals surface area contributed by atoms with Crippen molar-refractivity contribution in [2.45, 2.75) is 6.54 Å². The number of ether oxygens (including phenoxy) is 1. The van der Waals surface area contributed by atoms with E-state index in [-0.39, 0.29) is 5.91 Å². The third-order valence-electron chi connectivity index (χ3n) is 2.52. The van der Waals surface area contributed by atoms with Crippen LogP contribution in [0.25, 0.3) is 0 Å². The summed E-state index contributed by atoms with van der Waals surface area (Å²) in [7, 11) is 1.52. The van der Waals surface area contributed by atoms with Crippen molar-refractivity contribution in [3.05, 3.63) is 52.8 Å². The first-order chi connectivity index (χ1) is 8.70. The number of hydrogen-bond acceptors (Lipinski definition) is 2. The van der Waals surface area contributed by atoms with Crippen LogP contribution in [0.5, 0.6) is 5.75 Å². The topological polar surface area (TPSA) is 54.1 Å². The molecule has 94 valence electrons. The van der Waals surface area contributed by atoms with Crippen LogP contribution in [0.1, 0.15) is 15.9 Å². The maximum Gasteiger partial charge on any atom is 0.255 e. The van der Waals surface area contributed by atoms with Gasteiger partial charge in [0, 0.05) is 24.0 Å². The van der Waals surface area contributed by atoms with Gasteiger partial charge in [0.2, 0.25) is 0 Å². The average Bonchev–Trinajstić information content (AvgIpc) is 2.89. The lowest BCUT2D eigenvalue weighted by Crippen LogP contribution is -2.23. The number of methoxy groups -OCH3 is 1. The van der Waals surface area contributed by atoms with E-state index >= 15 is 0 Å². The molecule has 0 aliphatic carbocycles. The number of carbonyl (C=O) groups is 1. The zero-order chi connectivity index (χ0) is 13.0. The molecular formula is C13H13ClN2O2. The molecule has 0 aliphatic rings. The van der Waals surface area contributed by atoms with Gasteiger partial charge in [0.15, 0.2) is 0 Å². The van der Waals surface area contributed by atoms with Crippen LogP contribution in [0.3, 0.4) is 0 Å². The number of halogens is 1. The number of amides is 1. The second-order valence-corrected chi connectivity index (χ2v) is 4.18. The van der Waals surface area contributed by atoms with Crippen LogP contribution in [0.2, 0.25) is 5.02 Å². The summed E-state index contributed by atoms with van der Waals surface area (Å²) in [6.07, 6.45) is 3.64. The second-order valence-electron chi connectivity index (χ2n) is 3.75. The number of aromatic amines is 1. The van der Waals surface area contributed by atoms with Crippen molar-refractivity contribution in [3.63, 3.8) is 0 Å². The molecule has 1 amide bonds. The summed E-state index contributed by atoms with van der Waals surface area (Å²) >= 11 is 5.88. The van der Waals surface area contributed by atoms with Crippen molar-refractivity contribution >= 4 is 17.5 Å². The van der Waals surface area contributed by atoms with Gasteiger partial charge < -0.3 is 15.0 Å². The lowest BCUT2D eigenvalue weighted by Gasteiger charge is -2.09. The highest BCUT2D eigenvalue weighted by atomic mass is 35.5. The van der Waals surface area contributed by atoms with Crippen LogP contribution >= 0.6 is 11.6 Å². The van der Waals surface area contributed by atoms with Gasteiger partial charge in [-0.05, 0) is 29.8 Å². The van der Waals surface area contributed by atoms with E-state index in [0.717, 1.165) is 5.56 Å². The van der Waals surface area contributed by atoms with Gasteiger partial charge in [-0.1, -0.05) is 11.6 Å². The molecule has 1 aromatic heterocycles. The highest BCUT2D eigenvalue weighted by Crippen LogP contribution is 2.22. The molecule has 0 bridgehead atoms. The Morgan fingerprint density at radius 3 is 2.94 bits per heavy atom. The van der Waals surface area contributed by atoms with Crippen molar-refractivity contribution in [3.8, 4) is 5.75 Å². The summed E-state index contributed by atoms with van der Waals surface area (Å²) in [6.45, 7) is 0.456. The highest BCUT2D eigenvalue weighted by Gasteiger charge is 2.12. The average molecular weight is 265 g/mol. The first kappa shape index (κ1) is 12.5. The van der Waals surface area contributed by atoms with Gasteiger partial charge >= 0.3 is 0 Å². The van der Waals surface area contributed by atoms with Crippen LogP contribution in [0.4, 0.5) is 0 Å². The summed E-state index contributed by atoms with van der Waals surface area (Å²) in [5, 5.41) is 3.31. The van der Waals surface area contributed by atoms with Crippen LogP contribution in [-0.2, 0) is 6.54 Å². The lowest BCUT2D eigenvalue weighted by atomic mass is 10.2. The molecule has 5 heteroatoms. The predicted molar refractivity (Wildman–Crippen MR) is 70.0 cm³/mol. The third-order valence-corrected chi connectivity index (χ3v) is 2.76. The molecule has 18 heavy (non-hydrogen) atoms. The number of nitrogens with one attached hydrogen (secondary N) is 2. The highest BCUT2D eigenvalue weighted by molar-refractivity contribution is 6.31. The Morgan fingerprint density at radius 2 is 2.28 bits per heavy atom. The molecule has 0 aliphatic heterocycles. The van der Waals surface area contributed by atoms with Gasteiger partial charge in [-0.15, -0.1) is 0 Å². The van der Waals surface area contributed by atoms with Crippen LogP contribution in [-0.4, -0.2) is 18.0 Å². The number of H-pyrrole nitrogens is 1. The molecule has 4 nitrogen and oxygen atoms in total. The Morgan fingerprint density at radius 1 is 1.44 bits per heavy atom. The van der Waals surface area contributed by atoms with E-state index in [2.05, 4.69) is 10.3 Å². The molecule has 0 spiro atoms. The second kappa shape index (κ2) is 5.60. The van der Waals surface area contributed by atoms with Crippen molar-refractivity contribution in [2.75, 3.05) is 7.11 Å². The van der Waals surface area contributed by atoms with Crippen LogP contribution in [0, 0.1) is 0 Å². The Labute approximate surface area is 110 Å². The summed E-state index contributed by atoms with van der Waals surface area (Å²) < 4.78 is 5.13. The summed E-state index contributed by atoms with van der Waals surface area (Å²) in [6, 6.07) is 6.85. The summed E-state index contributed by atoms with van der Waals surface area (Å²) in [5.74, 6) is 0.293. The molecule has 0 atom stereocenters. The van der Waals surface area contributed by atoms with E-state index in [0.29, 0.717) is 22.9 Å². The molecule has 0 saturated heterocycles. The fraction of sp³-hybridized carbons (Fsp3) is 0.154. The SMILES string of the molecule is COc1ccc(Cl)cc1C(=O)NCc1cc[nH]c1. The summed E-state index contributed by atoms with van der Waals surface area (Å²) in [4.78, 5) is 14.9. The number of rotatable bonds is 4. The van der Waals surface area contributed by atoms with Gasteiger partial charge in [-0.3, -0.25) is 4.79 Å². The molecule has 0 radical (unpaired) electrons. The Bertz CT molecular complexity index is 538. The molecule has 1 heterocycles. The number of aromatic nitrogens is 1. The van der Waals surface area contributed by atoms with Crippen LogP contribution in [0.15, 0.2) is 36.7 Å². The smallest absolute Gasteiger partial charge is 0.255 e. The number of hydrogen-bond donors (Lipinski definition) is 2. The molecule has 1 aromatic carbocycles. The molecule has 0 saturated carbocycles. The van der Waals surface area contributed by atoms with E-state index in [1.54, 1.807) is 18.2 Å². The van der Waals surface area contributed by atoms with Gasteiger partial charge in [0.1, 0.15) is 5.75 Å². The van der Waals surface area contributed by atoms with Gasteiger partial charge in [0.05, 0.1) is 12.7 Å². The largest absolute Gasteiger partial charge is 0.496 e. The minimum absolute atomic E-state index is 0.212. The van der Waals surface area contributed by atoms with Crippen LogP contribution < -0.4 is 10.1 Å². The minimum Gasteiger partial charge on any atom is -0.496 e. The third kappa shape index (κ3) is 2.84. The Balaban J connectivity index is 2.10. The molecule has 0 fully saturated rings.